The number of hydrogen-bond donors (Lipinski definition) is 0. The average molecular weight is 407 g/mol. The van der Waals surface area contributed by atoms with Gasteiger partial charge in [0.25, 0.3) is 5.91 Å². The molecule has 1 amide bonds. The Balaban J connectivity index is 1.73. The van der Waals surface area contributed by atoms with Crippen molar-refractivity contribution in [1.29, 1.82) is 0 Å². The summed E-state index contributed by atoms with van der Waals surface area (Å²) in [4.78, 5) is 38.3. The standard InChI is InChI=1S/C19H21NO7S/c1-11-4-5-16-14(8-11)15(21)9-17(27-16)19(23)26-12(2)18(22)20(3)13-6-7-28(24,25)10-13/h4-5,8-9,12-13H,6-7,10H2,1-3H3/t12-,13-/m0/s1. The molecule has 8 nitrogen and oxygen atoms in total. The minimum atomic E-state index is -3.15. The lowest BCUT2D eigenvalue weighted by Gasteiger charge is -2.26. The number of esters is 1. The molecule has 9 heteroatoms. The van der Waals surface area contributed by atoms with Crippen LogP contribution in [0.25, 0.3) is 11.0 Å². The minimum absolute atomic E-state index is 0.0329. The lowest BCUT2D eigenvalue weighted by Crippen LogP contribution is -2.44. The molecule has 0 aliphatic carbocycles. The van der Waals surface area contributed by atoms with E-state index in [0.29, 0.717) is 11.8 Å². The Labute approximate surface area is 162 Å². The predicted octanol–water partition coefficient (Wildman–Crippen LogP) is 1.29. The molecule has 28 heavy (non-hydrogen) atoms. The molecule has 150 valence electrons. The quantitative estimate of drug-likeness (QED) is 0.702. The number of nitrogens with zero attached hydrogens (tertiary/aromatic N) is 1. The average Bonchev–Trinajstić information content (AvgIpc) is 3.00. The lowest BCUT2D eigenvalue weighted by molar-refractivity contribution is -0.140. The molecule has 1 aromatic carbocycles. The van der Waals surface area contributed by atoms with E-state index in [-0.39, 0.29) is 28.3 Å². The molecule has 1 aliphatic heterocycles. The molecular weight excluding hydrogens is 386 g/mol. The van der Waals surface area contributed by atoms with E-state index in [1.807, 2.05) is 6.92 Å². The first-order chi connectivity index (χ1) is 13.1. The van der Waals surface area contributed by atoms with Crippen LogP contribution >= 0.6 is 0 Å². The number of carbonyl (C=O) groups excluding carboxylic acids is 2. The van der Waals surface area contributed by atoms with Crippen LogP contribution in [0.1, 0.15) is 29.5 Å². The van der Waals surface area contributed by atoms with Gasteiger partial charge in [-0.2, -0.15) is 0 Å². The number of hydrogen-bond acceptors (Lipinski definition) is 7. The molecule has 0 spiro atoms. The van der Waals surface area contributed by atoms with Crippen molar-refractivity contribution in [2.45, 2.75) is 32.4 Å². The zero-order chi connectivity index (χ0) is 20.6. The number of fused-ring (bicyclic) bond motifs is 1. The third kappa shape index (κ3) is 4.09. The van der Waals surface area contributed by atoms with Crippen molar-refractivity contribution >= 4 is 32.7 Å². The van der Waals surface area contributed by atoms with Gasteiger partial charge in [0.15, 0.2) is 21.4 Å². The van der Waals surface area contributed by atoms with Crippen molar-refractivity contribution in [2.24, 2.45) is 0 Å². The topological polar surface area (TPSA) is 111 Å². The zero-order valence-electron chi connectivity index (χ0n) is 15.8. The van der Waals surface area contributed by atoms with Gasteiger partial charge in [0, 0.05) is 19.2 Å². The molecule has 1 saturated heterocycles. The highest BCUT2D eigenvalue weighted by Gasteiger charge is 2.35. The van der Waals surface area contributed by atoms with Gasteiger partial charge in [-0.05, 0) is 32.4 Å². The maximum absolute atomic E-state index is 12.5. The van der Waals surface area contributed by atoms with Crippen molar-refractivity contribution in [2.75, 3.05) is 18.6 Å². The molecule has 1 fully saturated rings. The van der Waals surface area contributed by atoms with E-state index in [9.17, 15) is 22.8 Å². The first-order valence-corrected chi connectivity index (χ1v) is 10.6. The number of carbonyl (C=O) groups is 2. The minimum Gasteiger partial charge on any atom is -0.449 e. The van der Waals surface area contributed by atoms with Crippen molar-refractivity contribution in [3.8, 4) is 0 Å². The Bertz CT molecular complexity index is 1100. The molecule has 3 rings (SSSR count). The van der Waals surface area contributed by atoms with E-state index in [1.165, 1.54) is 18.9 Å². The SMILES string of the molecule is Cc1ccc2oc(C(=O)O[C@@H](C)C(=O)N(C)[C@H]3CCS(=O)(=O)C3)cc(=O)c2c1. The number of ether oxygens (including phenoxy) is 1. The van der Waals surface area contributed by atoms with Crippen LogP contribution in [0, 0.1) is 6.92 Å². The van der Waals surface area contributed by atoms with E-state index in [0.717, 1.165) is 11.6 Å². The third-order valence-corrected chi connectivity index (χ3v) is 6.57. The second-order valence-corrected chi connectivity index (χ2v) is 9.26. The number of likely N-dealkylation sites (N-methyl/N-ethyl adjacent to an activating group) is 1. The Kier molecular flexibility index (Phi) is 5.29. The van der Waals surface area contributed by atoms with Gasteiger partial charge in [-0.1, -0.05) is 11.6 Å². The Morgan fingerprint density at radius 1 is 1.29 bits per heavy atom. The van der Waals surface area contributed by atoms with Crippen molar-refractivity contribution < 1.29 is 27.2 Å². The van der Waals surface area contributed by atoms with Crippen molar-refractivity contribution in [3.05, 3.63) is 45.8 Å². The Morgan fingerprint density at radius 3 is 2.64 bits per heavy atom. The molecule has 2 atom stereocenters. The number of amides is 1. The third-order valence-electron chi connectivity index (χ3n) is 4.82. The summed E-state index contributed by atoms with van der Waals surface area (Å²) in [6.07, 6.45) is -0.802. The maximum atomic E-state index is 12.5. The summed E-state index contributed by atoms with van der Waals surface area (Å²) < 4.78 is 33.8. The van der Waals surface area contributed by atoms with Gasteiger partial charge in [0.1, 0.15) is 5.58 Å². The summed E-state index contributed by atoms with van der Waals surface area (Å²) >= 11 is 0. The van der Waals surface area contributed by atoms with Crippen LogP contribution in [0.5, 0.6) is 0 Å². The molecule has 2 aromatic rings. The van der Waals surface area contributed by atoms with Crippen LogP contribution in [0.3, 0.4) is 0 Å². The smallest absolute Gasteiger partial charge is 0.375 e. The van der Waals surface area contributed by atoms with Crippen LogP contribution in [-0.4, -0.2) is 55.9 Å². The van der Waals surface area contributed by atoms with Crippen LogP contribution in [0.15, 0.2) is 33.5 Å². The van der Waals surface area contributed by atoms with E-state index in [2.05, 4.69) is 0 Å². The first kappa shape index (κ1) is 20.1. The fourth-order valence-electron chi connectivity index (χ4n) is 3.19. The Hall–Kier alpha value is -2.68. The number of sulfone groups is 1. The molecule has 0 radical (unpaired) electrons. The lowest BCUT2D eigenvalue weighted by atomic mass is 10.1. The van der Waals surface area contributed by atoms with Gasteiger partial charge in [-0.15, -0.1) is 0 Å². The van der Waals surface area contributed by atoms with Crippen LogP contribution in [-0.2, 0) is 19.4 Å². The molecule has 0 unspecified atom stereocenters. The zero-order valence-corrected chi connectivity index (χ0v) is 16.6. The van der Waals surface area contributed by atoms with Gasteiger partial charge in [0.05, 0.1) is 16.9 Å². The molecule has 1 aliphatic rings. The molecule has 2 heterocycles. The second kappa shape index (κ2) is 7.38. The van der Waals surface area contributed by atoms with Gasteiger partial charge >= 0.3 is 5.97 Å². The van der Waals surface area contributed by atoms with Gasteiger partial charge in [-0.25, -0.2) is 13.2 Å². The second-order valence-electron chi connectivity index (χ2n) is 7.03. The fraction of sp³-hybridized carbons (Fsp3) is 0.421. The summed E-state index contributed by atoms with van der Waals surface area (Å²) in [5.41, 5.74) is 0.743. The van der Waals surface area contributed by atoms with Crippen molar-refractivity contribution in [1.82, 2.24) is 4.90 Å². The largest absolute Gasteiger partial charge is 0.449 e. The fourth-order valence-corrected chi connectivity index (χ4v) is 4.96. The highest BCUT2D eigenvalue weighted by molar-refractivity contribution is 7.91. The maximum Gasteiger partial charge on any atom is 0.375 e. The normalized spacial score (nSPS) is 19.3. The predicted molar refractivity (Wildman–Crippen MR) is 102 cm³/mol. The summed E-state index contributed by atoms with van der Waals surface area (Å²) in [6.45, 7) is 3.23. The molecular formula is C19H21NO7S. The number of benzene rings is 1. The number of aryl methyl sites for hydroxylation is 1. The molecule has 0 saturated carbocycles. The van der Waals surface area contributed by atoms with Gasteiger partial charge in [0.2, 0.25) is 5.76 Å². The van der Waals surface area contributed by atoms with E-state index in [4.69, 9.17) is 9.15 Å². The summed E-state index contributed by atoms with van der Waals surface area (Å²) in [5, 5.41) is 0.350. The molecule has 1 aromatic heterocycles. The number of rotatable bonds is 4. The highest BCUT2D eigenvalue weighted by Crippen LogP contribution is 2.19. The van der Waals surface area contributed by atoms with E-state index < -0.39 is 33.9 Å². The van der Waals surface area contributed by atoms with E-state index >= 15 is 0 Å². The summed E-state index contributed by atoms with van der Waals surface area (Å²) in [6, 6.07) is 5.59. The summed E-state index contributed by atoms with van der Waals surface area (Å²) in [5.74, 6) is -1.82. The summed E-state index contributed by atoms with van der Waals surface area (Å²) in [7, 11) is -1.66. The van der Waals surface area contributed by atoms with Crippen LogP contribution in [0.4, 0.5) is 0 Å². The highest BCUT2D eigenvalue weighted by atomic mass is 32.2. The monoisotopic (exact) mass is 407 g/mol. The van der Waals surface area contributed by atoms with Gasteiger partial charge in [-0.3, -0.25) is 9.59 Å². The van der Waals surface area contributed by atoms with Crippen LogP contribution < -0.4 is 5.43 Å². The first-order valence-electron chi connectivity index (χ1n) is 8.80. The van der Waals surface area contributed by atoms with Crippen LogP contribution in [0.2, 0.25) is 0 Å². The molecule has 0 bridgehead atoms. The van der Waals surface area contributed by atoms with Gasteiger partial charge < -0.3 is 14.1 Å². The molecule has 0 N–H and O–H groups in total. The van der Waals surface area contributed by atoms with Crippen molar-refractivity contribution in [3.63, 3.8) is 0 Å². The Morgan fingerprint density at radius 2 is 2.00 bits per heavy atom. The van der Waals surface area contributed by atoms with E-state index in [1.54, 1.807) is 18.2 Å².